The highest BCUT2D eigenvalue weighted by Gasteiger charge is 2.55. The number of rotatable bonds is 5. The summed E-state index contributed by atoms with van der Waals surface area (Å²) in [4.78, 5) is 38.6. The number of nitrogens with zero attached hydrogens (tertiary/aromatic N) is 4. The Morgan fingerprint density at radius 1 is 1.14 bits per heavy atom. The second-order valence-electron chi connectivity index (χ2n) is 6.56. The molecule has 2 heterocycles. The van der Waals surface area contributed by atoms with Gasteiger partial charge in [0, 0.05) is 6.54 Å². The van der Waals surface area contributed by atoms with Gasteiger partial charge >= 0.3 is 0 Å². The lowest BCUT2D eigenvalue weighted by Crippen LogP contribution is -2.44. The molecule has 148 valence electrons. The van der Waals surface area contributed by atoms with Crippen LogP contribution in [0.4, 0.5) is 10.1 Å². The van der Waals surface area contributed by atoms with Crippen LogP contribution < -0.4 is 10.2 Å². The monoisotopic (exact) mass is 415 g/mol. The molecule has 2 aromatic carbocycles. The maximum atomic E-state index is 13.4. The molecule has 2 aliphatic rings. The van der Waals surface area contributed by atoms with Crippen LogP contribution in [0.1, 0.15) is 5.56 Å². The van der Waals surface area contributed by atoms with E-state index < -0.39 is 29.7 Å². The number of nitrogens with one attached hydrogen (secondary N) is 1. The van der Waals surface area contributed by atoms with E-state index in [1.165, 1.54) is 17.1 Å². The first kappa shape index (κ1) is 19.0. The molecule has 0 spiro atoms. The maximum Gasteiger partial charge on any atom is 0.263 e. The number of hydrogen-bond acceptors (Lipinski definition) is 6. The van der Waals surface area contributed by atoms with Gasteiger partial charge in [0.1, 0.15) is 12.4 Å². The molecule has 1 fully saturated rings. The highest BCUT2D eigenvalue weighted by Crippen LogP contribution is 2.33. The highest BCUT2D eigenvalue weighted by atomic mass is 35.5. The molecular formula is C19H15ClFN5O3. The lowest BCUT2D eigenvalue weighted by molar-refractivity contribution is -0.125. The fourth-order valence-corrected chi connectivity index (χ4v) is 3.41. The van der Waals surface area contributed by atoms with Gasteiger partial charge in [0.05, 0.1) is 10.7 Å². The van der Waals surface area contributed by atoms with Crippen molar-refractivity contribution >= 4 is 35.0 Å². The number of carbonyl (C=O) groups excluding carboxylic acids is 3. The Bertz CT molecular complexity index is 1020. The summed E-state index contributed by atoms with van der Waals surface area (Å²) in [5.74, 6) is -2.22. The number of benzene rings is 2. The molecule has 2 aliphatic heterocycles. The van der Waals surface area contributed by atoms with Crippen LogP contribution in [0.2, 0.25) is 5.02 Å². The minimum Gasteiger partial charge on any atom is -0.350 e. The van der Waals surface area contributed by atoms with Gasteiger partial charge in [-0.15, -0.1) is 0 Å². The largest absolute Gasteiger partial charge is 0.350 e. The summed E-state index contributed by atoms with van der Waals surface area (Å²) in [6, 6.07) is 10.8. The minimum absolute atomic E-state index is 0.143. The van der Waals surface area contributed by atoms with Gasteiger partial charge in [-0.1, -0.05) is 47.2 Å². The topological polar surface area (TPSA) is 94.4 Å². The van der Waals surface area contributed by atoms with Crippen LogP contribution in [0.15, 0.2) is 58.9 Å². The maximum absolute atomic E-state index is 13.4. The quantitative estimate of drug-likeness (QED) is 0.756. The second kappa shape index (κ2) is 7.59. The molecule has 1 saturated heterocycles. The van der Waals surface area contributed by atoms with E-state index in [1.807, 2.05) is 30.3 Å². The van der Waals surface area contributed by atoms with Gasteiger partial charge in [0.2, 0.25) is 5.91 Å². The van der Waals surface area contributed by atoms with Crippen LogP contribution in [-0.2, 0) is 20.9 Å². The van der Waals surface area contributed by atoms with Crippen molar-refractivity contribution in [1.82, 2.24) is 10.3 Å². The van der Waals surface area contributed by atoms with E-state index in [9.17, 15) is 18.8 Å². The van der Waals surface area contributed by atoms with Gasteiger partial charge < -0.3 is 5.32 Å². The Balaban J connectivity index is 1.45. The highest BCUT2D eigenvalue weighted by molar-refractivity contribution is 6.32. The van der Waals surface area contributed by atoms with E-state index in [4.69, 9.17) is 11.6 Å². The summed E-state index contributed by atoms with van der Waals surface area (Å²) < 4.78 is 13.4. The SMILES string of the molecule is O=C(CN1N=N[C@@H]2C(=O)N(c3ccc(F)c(Cl)c3)C(=O)[C@H]21)NCc1ccccc1. The van der Waals surface area contributed by atoms with Crippen LogP contribution in [0.25, 0.3) is 0 Å². The van der Waals surface area contributed by atoms with Gasteiger partial charge in [0.25, 0.3) is 11.8 Å². The van der Waals surface area contributed by atoms with Crippen molar-refractivity contribution in [1.29, 1.82) is 0 Å². The molecule has 0 radical (unpaired) electrons. The number of carbonyl (C=O) groups is 3. The van der Waals surface area contributed by atoms with Gasteiger partial charge in [-0.05, 0) is 23.8 Å². The molecule has 4 rings (SSSR count). The van der Waals surface area contributed by atoms with E-state index in [0.29, 0.717) is 6.54 Å². The molecule has 0 bridgehead atoms. The molecule has 0 aliphatic carbocycles. The zero-order valence-corrected chi connectivity index (χ0v) is 15.7. The van der Waals surface area contributed by atoms with E-state index in [1.54, 1.807) is 0 Å². The zero-order chi connectivity index (χ0) is 20.5. The van der Waals surface area contributed by atoms with E-state index >= 15 is 0 Å². The molecule has 2 aromatic rings. The third-order valence-electron chi connectivity index (χ3n) is 4.66. The average molecular weight is 416 g/mol. The molecule has 2 atom stereocenters. The van der Waals surface area contributed by atoms with Gasteiger partial charge in [0.15, 0.2) is 12.1 Å². The van der Waals surface area contributed by atoms with Crippen LogP contribution in [0.5, 0.6) is 0 Å². The first-order valence-electron chi connectivity index (χ1n) is 8.76. The van der Waals surface area contributed by atoms with Crippen LogP contribution >= 0.6 is 11.6 Å². The van der Waals surface area contributed by atoms with Crippen LogP contribution in [-0.4, -0.2) is 41.4 Å². The molecule has 8 nitrogen and oxygen atoms in total. The third-order valence-corrected chi connectivity index (χ3v) is 4.95. The molecule has 3 amide bonds. The smallest absolute Gasteiger partial charge is 0.263 e. The Morgan fingerprint density at radius 2 is 1.90 bits per heavy atom. The first-order chi connectivity index (χ1) is 14.0. The molecule has 0 aromatic heterocycles. The Labute approximate surface area is 169 Å². The number of imide groups is 1. The Hall–Kier alpha value is -3.33. The second-order valence-corrected chi connectivity index (χ2v) is 6.97. The van der Waals surface area contributed by atoms with E-state index in [-0.39, 0.29) is 23.2 Å². The summed E-state index contributed by atoms with van der Waals surface area (Å²) in [6.45, 7) is 0.0976. The van der Waals surface area contributed by atoms with Crippen molar-refractivity contribution in [3.05, 3.63) is 64.9 Å². The summed E-state index contributed by atoms with van der Waals surface area (Å²) in [5, 5.41) is 11.4. The molecule has 0 saturated carbocycles. The van der Waals surface area contributed by atoms with Crippen molar-refractivity contribution < 1.29 is 18.8 Å². The van der Waals surface area contributed by atoms with Crippen molar-refractivity contribution in [3.63, 3.8) is 0 Å². The molecule has 0 unspecified atom stereocenters. The molecule has 10 heteroatoms. The standard InChI is InChI=1S/C19H15ClFN5O3/c20-13-8-12(6-7-14(13)21)26-18(28)16-17(19(26)29)25(24-23-16)10-15(27)22-9-11-4-2-1-3-5-11/h1-8,16-17H,9-10H2,(H,22,27)/t16-,17-/m0/s1. The minimum atomic E-state index is -1.05. The normalized spacial score (nSPS) is 20.3. The van der Waals surface area contributed by atoms with Crippen molar-refractivity contribution in [2.45, 2.75) is 18.6 Å². The number of halogens is 2. The number of anilines is 1. The summed E-state index contributed by atoms with van der Waals surface area (Å²) in [5.41, 5.74) is 1.07. The summed E-state index contributed by atoms with van der Waals surface area (Å²) in [6.07, 6.45) is 0. The van der Waals surface area contributed by atoms with Crippen molar-refractivity contribution in [2.75, 3.05) is 11.4 Å². The summed E-state index contributed by atoms with van der Waals surface area (Å²) in [7, 11) is 0. The van der Waals surface area contributed by atoms with Crippen molar-refractivity contribution in [2.24, 2.45) is 10.3 Å². The van der Waals surface area contributed by atoms with Gasteiger partial charge in [-0.2, -0.15) is 5.11 Å². The predicted molar refractivity (Wildman–Crippen MR) is 101 cm³/mol. The number of amides is 3. The molecule has 1 N–H and O–H groups in total. The fraction of sp³-hybridized carbons (Fsp3) is 0.211. The molecule has 29 heavy (non-hydrogen) atoms. The number of hydrogen-bond donors (Lipinski definition) is 1. The average Bonchev–Trinajstić information content (AvgIpc) is 3.23. The van der Waals surface area contributed by atoms with Crippen molar-refractivity contribution in [3.8, 4) is 0 Å². The van der Waals surface area contributed by atoms with Gasteiger partial charge in [-0.3, -0.25) is 19.4 Å². The van der Waals surface area contributed by atoms with E-state index in [2.05, 4.69) is 15.7 Å². The van der Waals surface area contributed by atoms with Crippen LogP contribution in [0, 0.1) is 5.82 Å². The van der Waals surface area contributed by atoms with E-state index in [0.717, 1.165) is 16.5 Å². The number of fused-ring (bicyclic) bond motifs is 1. The zero-order valence-electron chi connectivity index (χ0n) is 15.0. The molecular weight excluding hydrogens is 401 g/mol. The third kappa shape index (κ3) is 3.56. The Kier molecular flexibility index (Phi) is 4.98. The van der Waals surface area contributed by atoms with Gasteiger partial charge in [-0.25, -0.2) is 9.29 Å². The fourth-order valence-electron chi connectivity index (χ4n) is 3.23. The predicted octanol–water partition coefficient (Wildman–Crippen LogP) is 2.09. The first-order valence-corrected chi connectivity index (χ1v) is 9.14. The Morgan fingerprint density at radius 3 is 2.62 bits per heavy atom. The lowest BCUT2D eigenvalue weighted by Gasteiger charge is -2.20. The summed E-state index contributed by atoms with van der Waals surface area (Å²) >= 11 is 5.76. The van der Waals surface area contributed by atoms with Crippen LogP contribution in [0.3, 0.4) is 0 Å². The lowest BCUT2D eigenvalue weighted by atomic mass is 10.1.